The second-order valence-corrected chi connectivity index (χ2v) is 7.50. The van der Waals surface area contributed by atoms with Crippen molar-refractivity contribution in [1.82, 2.24) is 0 Å². The summed E-state index contributed by atoms with van der Waals surface area (Å²) in [6.45, 7) is 8.37. The number of carbonyl (C=O) groups is 3. The zero-order chi connectivity index (χ0) is 20.4. The van der Waals surface area contributed by atoms with Crippen LogP contribution in [0.3, 0.4) is 0 Å². The second kappa shape index (κ2) is 7.30. The average Bonchev–Trinajstić information content (AvgIpc) is 2.53. The fourth-order valence-electron chi connectivity index (χ4n) is 2.13. The van der Waals surface area contributed by atoms with Crippen LogP contribution in [0.5, 0.6) is 5.75 Å². The molecule has 8 nitrogen and oxygen atoms in total. The standard InChI is InChI=1S/C19H24N2O6/c1-18(2,3)17(24)21-13-8-7-11(9-14(13)25-6)20-10-12-15(22)26-19(4,5)27-16(12)23/h7-10,20H,1-6H3,(H,21,24). The summed E-state index contributed by atoms with van der Waals surface area (Å²) in [6, 6.07) is 4.95. The molecule has 0 saturated carbocycles. The highest BCUT2D eigenvalue weighted by Gasteiger charge is 2.38. The summed E-state index contributed by atoms with van der Waals surface area (Å²) in [5.74, 6) is -2.57. The molecule has 0 unspecified atom stereocenters. The zero-order valence-corrected chi connectivity index (χ0v) is 16.3. The van der Waals surface area contributed by atoms with E-state index in [0.29, 0.717) is 17.1 Å². The Morgan fingerprint density at radius 2 is 1.74 bits per heavy atom. The number of amides is 1. The molecule has 1 amide bonds. The number of cyclic esters (lactones) is 2. The number of ether oxygens (including phenoxy) is 3. The van der Waals surface area contributed by atoms with Gasteiger partial charge in [0.1, 0.15) is 5.75 Å². The second-order valence-electron chi connectivity index (χ2n) is 7.50. The third-order valence-electron chi connectivity index (χ3n) is 3.63. The first kappa shape index (κ1) is 20.3. The maximum Gasteiger partial charge on any atom is 0.350 e. The third kappa shape index (κ3) is 4.99. The third-order valence-corrected chi connectivity index (χ3v) is 3.63. The number of benzene rings is 1. The predicted octanol–water partition coefficient (Wildman–Crippen LogP) is 2.81. The minimum absolute atomic E-state index is 0.154. The molecule has 146 valence electrons. The number of methoxy groups -OCH3 is 1. The number of esters is 2. The van der Waals surface area contributed by atoms with E-state index in [2.05, 4.69) is 10.6 Å². The Morgan fingerprint density at radius 1 is 1.15 bits per heavy atom. The van der Waals surface area contributed by atoms with E-state index < -0.39 is 23.1 Å². The molecule has 0 aromatic heterocycles. The van der Waals surface area contributed by atoms with Gasteiger partial charge in [-0.1, -0.05) is 20.8 Å². The van der Waals surface area contributed by atoms with Gasteiger partial charge in [0.25, 0.3) is 5.79 Å². The lowest BCUT2D eigenvalue weighted by molar-refractivity contribution is -0.222. The van der Waals surface area contributed by atoms with Crippen LogP contribution in [0.2, 0.25) is 0 Å². The summed E-state index contributed by atoms with van der Waals surface area (Å²) in [4.78, 5) is 36.0. The predicted molar refractivity (Wildman–Crippen MR) is 99.0 cm³/mol. The van der Waals surface area contributed by atoms with Crippen LogP contribution in [0.4, 0.5) is 11.4 Å². The van der Waals surface area contributed by atoms with Crippen molar-refractivity contribution < 1.29 is 28.6 Å². The van der Waals surface area contributed by atoms with Gasteiger partial charge < -0.3 is 24.8 Å². The van der Waals surface area contributed by atoms with Crippen molar-refractivity contribution >= 4 is 29.2 Å². The molecule has 2 N–H and O–H groups in total. The smallest absolute Gasteiger partial charge is 0.350 e. The van der Waals surface area contributed by atoms with Crippen LogP contribution in [0.15, 0.2) is 30.0 Å². The molecule has 1 fully saturated rings. The lowest BCUT2D eigenvalue weighted by atomic mass is 9.95. The molecule has 2 rings (SSSR count). The zero-order valence-electron chi connectivity index (χ0n) is 16.3. The van der Waals surface area contributed by atoms with Gasteiger partial charge >= 0.3 is 11.9 Å². The maximum absolute atomic E-state index is 12.1. The first-order valence-corrected chi connectivity index (χ1v) is 8.36. The van der Waals surface area contributed by atoms with E-state index in [1.165, 1.54) is 27.2 Å². The highest BCUT2D eigenvalue weighted by Crippen LogP contribution is 2.30. The molecule has 0 spiro atoms. The fourth-order valence-corrected chi connectivity index (χ4v) is 2.13. The molecule has 1 aliphatic rings. The minimum atomic E-state index is -1.29. The number of nitrogens with one attached hydrogen (secondary N) is 2. The molecule has 0 bridgehead atoms. The van der Waals surface area contributed by atoms with Crippen molar-refractivity contribution in [1.29, 1.82) is 0 Å². The van der Waals surface area contributed by atoms with Crippen molar-refractivity contribution in [2.45, 2.75) is 40.4 Å². The maximum atomic E-state index is 12.1. The van der Waals surface area contributed by atoms with Crippen molar-refractivity contribution in [3.63, 3.8) is 0 Å². The highest BCUT2D eigenvalue weighted by atomic mass is 16.7. The Bertz CT molecular complexity index is 783. The number of rotatable bonds is 4. The first-order valence-electron chi connectivity index (χ1n) is 8.36. The van der Waals surface area contributed by atoms with Crippen molar-refractivity contribution in [2.24, 2.45) is 5.41 Å². The van der Waals surface area contributed by atoms with Gasteiger partial charge in [-0.15, -0.1) is 0 Å². The van der Waals surface area contributed by atoms with Gasteiger partial charge in [0.05, 0.1) is 12.8 Å². The van der Waals surface area contributed by atoms with E-state index >= 15 is 0 Å². The van der Waals surface area contributed by atoms with Gasteiger partial charge in [-0.3, -0.25) is 4.79 Å². The SMILES string of the molecule is COc1cc(NC=C2C(=O)OC(C)(C)OC2=O)ccc1NC(=O)C(C)(C)C. The Kier molecular flexibility index (Phi) is 5.48. The quantitative estimate of drug-likeness (QED) is 0.473. The van der Waals surface area contributed by atoms with Crippen LogP contribution in [0.1, 0.15) is 34.6 Å². The summed E-state index contributed by atoms with van der Waals surface area (Å²) in [7, 11) is 1.47. The molecular weight excluding hydrogens is 352 g/mol. The Hall–Kier alpha value is -3.03. The molecule has 1 aromatic carbocycles. The van der Waals surface area contributed by atoms with Crippen LogP contribution in [0.25, 0.3) is 0 Å². The Balaban J connectivity index is 2.17. The van der Waals surface area contributed by atoms with Crippen LogP contribution in [-0.2, 0) is 23.9 Å². The molecule has 1 aliphatic heterocycles. The number of hydrogen-bond acceptors (Lipinski definition) is 7. The topological polar surface area (TPSA) is 103 Å². The molecule has 1 aromatic rings. The Labute approximate surface area is 157 Å². The summed E-state index contributed by atoms with van der Waals surface area (Å²) in [5.41, 5.74) is 0.243. The van der Waals surface area contributed by atoms with E-state index in [9.17, 15) is 14.4 Å². The van der Waals surface area contributed by atoms with Gasteiger partial charge in [-0.05, 0) is 12.1 Å². The molecule has 27 heavy (non-hydrogen) atoms. The lowest BCUT2D eigenvalue weighted by Gasteiger charge is -2.29. The summed E-state index contributed by atoms with van der Waals surface area (Å²) >= 11 is 0. The van der Waals surface area contributed by atoms with Crippen LogP contribution >= 0.6 is 0 Å². The van der Waals surface area contributed by atoms with Crippen LogP contribution in [0, 0.1) is 5.41 Å². The van der Waals surface area contributed by atoms with Gasteiger partial charge in [0.15, 0.2) is 5.57 Å². The van der Waals surface area contributed by atoms with Gasteiger partial charge in [-0.2, -0.15) is 0 Å². The summed E-state index contributed by atoms with van der Waals surface area (Å²) in [6.07, 6.45) is 1.21. The normalized spacial score (nSPS) is 16.1. The van der Waals surface area contributed by atoms with Crippen molar-refractivity contribution in [2.75, 3.05) is 17.7 Å². The van der Waals surface area contributed by atoms with Gasteiger partial charge in [0.2, 0.25) is 5.91 Å². The largest absolute Gasteiger partial charge is 0.494 e. The van der Waals surface area contributed by atoms with Crippen molar-refractivity contribution in [3.05, 3.63) is 30.0 Å². The highest BCUT2D eigenvalue weighted by molar-refractivity contribution is 6.15. The number of hydrogen-bond donors (Lipinski definition) is 2. The summed E-state index contributed by atoms with van der Waals surface area (Å²) in [5, 5.41) is 5.63. The van der Waals surface area contributed by atoms with E-state index in [1.807, 2.05) is 0 Å². The van der Waals surface area contributed by atoms with Crippen molar-refractivity contribution in [3.8, 4) is 5.75 Å². The minimum Gasteiger partial charge on any atom is -0.494 e. The molecule has 0 atom stereocenters. The first-order chi connectivity index (χ1) is 12.4. The number of carbonyl (C=O) groups excluding carboxylic acids is 3. The lowest BCUT2D eigenvalue weighted by Crippen LogP contribution is -2.42. The summed E-state index contributed by atoms with van der Waals surface area (Å²) < 4.78 is 15.3. The van der Waals surface area contributed by atoms with Gasteiger partial charge in [-0.25, -0.2) is 9.59 Å². The van der Waals surface area contributed by atoms with E-state index in [1.54, 1.807) is 39.0 Å². The number of anilines is 2. The van der Waals surface area contributed by atoms with Crippen LogP contribution in [-0.4, -0.2) is 30.7 Å². The monoisotopic (exact) mass is 376 g/mol. The fraction of sp³-hybridized carbons (Fsp3) is 0.421. The molecule has 1 saturated heterocycles. The molecule has 0 aliphatic carbocycles. The molecular formula is C19H24N2O6. The van der Waals surface area contributed by atoms with Gasteiger partial charge in [0, 0.05) is 37.2 Å². The van der Waals surface area contributed by atoms with E-state index in [-0.39, 0.29) is 11.5 Å². The van der Waals surface area contributed by atoms with E-state index in [4.69, 9.17) is 14.2 Å². The Morgan fingerprint density at radius 3 is 2.26 bits per heavy atom. The average molecular weight is 376 g/mol. The molecule has 1 heterocycles. The van der Waals surface area contributed by atoms with Crippen LogP contribution < -0.4 is 15.4 Å². The molecule has 8 heteroatoms. The van der Waals surface area contributed by atoms with E-state index in [0.717, 1.165) is 0 Å². The molecule has 0 radical (unpaired) electrons.